The van der Waals surface area contributed by atoms with Gasteiger partial charge in [0.25, 0.3) is 5.56 Å². The number of fused-ring (bicyclic) bond motifs is 1. The fraction of sp³-hybridized carbons (Fsp3) is 0.188. The Morgan fingerprint density at radius 2 is 2.10 bits per heavy atom. The van der Waals surface area contributed by atoms with E-state index in [1.54, 1.807) is 12.3 Å². The van der Waals surface area contributed by atoms with Gasteiger partial charge in [-0.2, -0.15) is 0 Å². The molecule has 0 spiro atoms. The normalized spacial score (nSPS) is 14.6. The van der Waals surface area contributed by atoms with Crippen LogP contribution in [0.4, 0.5) is 0 Å². The van der Waals surface area contributed by atoms with Gasteiger partial charge in [-0.3, -0.25) is 9.78 Å². The van der Waals surface area contributed by atoms with Crippen LogP contribution in [0.2, 0.25) is 0 Å². The summed E-state index contributed by atoms with van der Waals surface area (Å²) in [5, 5.41) is 2.13. The molecule has 0 unspecified atom stereocenters. The van der Waals surface area contributed by atoms with Crippen molar-refractivity contribution in [2.45, 2.75) is 18.8 Å². The maximum absolute atomic E-state index is 11.8. The molecule has 0 amide bonds. The third-order valence-corrected chi connectivity index (χ3v) is 3.68. The Hall–Kier alpha value is -2.49. The minimum absolute atomic E-state index is 0.0806. The van der Waals surface area contributed by atoms with Crippen LogP contribution in [0, 0.1) is 0 Å². The SMILES string of the molecule is O=c1cc(-c2cccc3cnccc23)nc(C2CC2)[nH]1. The molecule has 4 rings (SSSR count). The van der Waals surface area contributed by atoms with Gasteiger partial charge < -0.3 is 4.98 Å². The zero-order chi connectivity index (χ0) is 13.5. The van der Waals surface area contributed by atoms with Gasteiger partial charge >= 0.3 is 0 Å². The molecular weight excluding hydrogens is 250 g/mol. The lowest BCUT2D eigenvalue weighted by Gasteiger charge is -2.07. The third kappa shape index (κ3) is 1.90. The summed E-state index contributed by atoms with van der Waals surface area (Å²) in [5.74, 6) is 1.25. The second kappa shape index (κ2) is 4.27. The van der Waals surface area contributed by atoms with E-state index >= 15 is 0 Å². The molecule has 3 aromatic rings. The second-order valence-corrected chi connectivity index (χ2v) is 5.19. The average Bonchev–Trinajstić information content (AvgIpc) is 3.30. The number of aromatic amines is 1. The molecular formula is C16H13N3O. The van der Waals surface area contributed by atoms with Gasteiger partial charge in [-0.25, -0.2) is 4.98 Å². The van der Waals surface area contributed by atoms with Gasteiger partial charge in [-0.05, 0) is 24.3 Å². The van der Waals surface area contributed by atoms with Crippen molar-refractivity contribution in [3.05, 3.63) is 58.9 Å². The average molecular weight is 263 g/mol. The zero-order valence-electron chi connectivity index (χ0n) is 10.8. The lowest BCUT2D eigenvalue weighted by atomic mass is 10.0. The van der Waals surface area contributed by atoms with Crippen LogP contribution < -0.4 is 5.56 Å². The highest BCUT2D eigenvalue weighted by Crippen LogP contribution is 2.38. The van der Waals surface area contributed by atoms with Crippen molar-refractivity contribution in [1.29, 1.82) is 0 Å². The van der Waals surface area contributed by atoms with Crippen molar-refractivity contribution in [1.82, 2.24) is 15.0 Å². The van der Waals surface area contributed by atoms with E-state index in [0.29, 0.717) is 5.92 Å². The van der Waals surface area contributed by atoms with E-state index in [-0.39, 0.29) is 5.56 Å². The summed E-state index contributed by atoms with van der Waals surface area (Å²) in [6, 6.07) is 9.52. The summed E-state index contributed by atoms with van der Waals surface area (Å²) < 4.78 is 0. The molecule has 98 valence electrons. The fourth-order valence-electron chi connectivity index (χ4n) is 2.51. The molecule has 2 heterocycles. The molecule has 1 saturated carbocycles. The monoisotopic (exact) mass is 263 g/mol. The van der Waals surface area contributed by atoms with Crippen molar-refractivity contribution in [2.75, 3.05) is 0 Å². The minimum atomic E-state index is -0.0806. The number of benzene rings is 1. The van der Waals surface area contributed by atoms with Gasteiger partial charge in [0.05, 0.1) is 5.69 Å². The molecule has 1 aliphatic rings. The molecule has 20 heavy (non-hydrogen) atoms. The summed E-state index contributed by atoms with van der Waals surface area (Å²) >= 11 is 0. The molecule has 1 N–H and O–H groups in total. The molecule has 1 fully saturated rings. The van der Waals surface area contributed by atoms with Crippen molar-refractivity contribution >= 4 is 10.8 Å². The molecule has 0 atom stereocenters. The summed E-state index contributed by atoms with van der Waals surface area (Å²) in [4.78, 5) is 23.5. The number of pyridine rings is 1. The van der Waals surface area contributed by atoms with E-state index in [0.717, 1.165) is 40.7 Å². The van der Waals surface area contributed by atoms with Crippen LogP contribution in [0.5, 0.6) is 0 Å². The third-order valence-electron chi connectivity index (χ3n) is 3.68. The number of hydrogen-bond donors (Lipinski definition) is 1. The Morgan fingerprint density at radius 3 is 2.95 bits per heavy atom. The Balaban J connectivity index is 1.97. The Kier molecular flexibility index (Phi) is 2.42. The molecule has 0 saturated heterocycles. The number of H-pyrrole nitrogens is 1. The molecule has 2 aromatic heterocycles. The number of rotatable bonds is 2. The first-order chi connectivity index (χ1) is 9.81. The first-order valence-corrected chi connectivity index (χ1v) is 6.75. The Labute approximate surface area is 115 Å². The molecule has 1 aromatic carbocycles. The standard InChI is InChI=1S/C16H13N3O/c20-15-8-14(18-16(19-15)10-4-5-10)13-3-1-2-11-9-17-7-6-12(11)13/h1-3,6-10H,4-5H2,(H,18,19,20). The number of hydrogen-bond acceptors (Lipinski definition) is 3. The number of nitrogens with one attached hydrogen (secondary N) is 1. The van der Waals surface area contributed by atoms with Crippen LogP contribution in [-0.4, -0.2) is 15.0 Å². The maximum atomic E-state index is 11.8. The van der Waals surface area contributed by atoms with Crippen LogP contribution in [0.25, 0.3) is 22.0 Å². The molecule has 0 bridgehead atoms. The summed E-state index contributed by atoms with van der Waals surface area (Å²) in [6.07, 6.45) is 5.83. The first kappa shape index (κ1) is 11.3. The lowest BCUT2D eigenvalue weighted by molar-refractivity contribution is 0.912. The maximum Gasteiger partial charge on any atom is 0.251 e. The summed E-state index contributed by atoms with van der Waals surface area (Å²) in [7, 11) is 0. The Morgan fingerprint density at radius 1 is 1.20 bits per heavy atom. The summed E-state index contributed by atoms with van der Waals surface area (Å²) in [5.41, 5.74) is 1.65. The Bertz CT molecular complexity index is 844. The highest BCUT2D eigenvalue weighted by molar-refractivity contribution is 5.95. The van der Waals surface area contributed by atoms with Crippen molar-refractivity contribution in [3.63, 3.8) is 0 Å². The van der Waals surface area contributed by atoms with E-state index in [4.69, 9.17) is 0 Å². The van der Waals surface area contributed by atoms with E-state index < -0.39 is 0 Å². The van der Waals surface area contributed by atoms with Crippen molar-refractivity contribution < 1.29 is 0 Å². The lowest BCUT2D eigenvalue weighted by Crippen LogP contribution is -2.10. The van der Waals surface area contributed by atoms with Gasteiger partial charge in [0, 0.05) is 35.3 Å². The highest BCUT2D eigenvalue weighted by Gasteiger charge is 2.26. The van der Waals surface area contributed by atoms with E-state index in [1.807, 2.05) is 30.5 Å². The predicted octanol–water partition coefficient (Wildman–Crippen LogP) is 2.86. The van der Waals surface area contributed by atoms with Crippen LogP contribution in [0.1, 0.15) is 24.6 Å². The topological polar surface area (TPSA) is 58.6 Å². The summed E-state index contributed by atoms with van der Waals surface area (Å²) in [6.45, 7) is 0. The van der Waals surface area contributed by atoms with Crippen LogP contribution in [0.15, 0.2) is 47.5 Å². The quantitative estimate of drug-likeness (QED) is 0.773. The van der Waals surface area contributed by atoms with Gasteiger partial charge in [0.1, 0.15) is 5.82 Å². The largest absolute Gasteiger partial charge is 0.310 e. The van der Waals surface area contributed by atoms with E-state index in [2.05, 4.69) is 15.0 Å². The minimum Gasteiger partial charge on any atom is -0.310 e. The molecule has 4 heteroatoms. The van der Waals surface area contributed by atoms with E-state index in [1.165, 1.54) is 0 Å². The van der Waals surface area contributed by atoms with Crippen LogP contribution >= 0.6 is 0 Å². The molecule has 0 radical (unpaired) electrons. The number of nitrogens with zero attached hydrogens (tertiary/aromatic N) is 2. The van der Waals surface area contributed by atoms with Crippen LogP contribution in [0.3, 0.4) is 0 Å². The van der Waals surface area contributed by atoms with Gasteiger partial charge in [-0.15, -0.1) is 0 Å². The van der Waals surface area contributed by atoms with Crippen molar-refractivity contribution in [3.8, 4) is 11.3 Å². The molecule has 4 nitrogen and oxygen atoms in total. The van der Waals surface area contributed by atoms with Gasteiger partial charge in [0.15, 0.2) is 0 Å². The number of aromatic nitrogens is 3. The van der Waals surface area contributed by atoms with Gasteiger partial charge in [-0.1, -0.05) is 18.2 Å². The van der Waals surface area contributed by atoms with Crippen molar-refractivity contribution in [2.24, 2.45) is 0 Å². The molecule has 0 aliphatic heterocycles. The fourth-order valence-corrected chi connectivity index (χ4v) is 2.51. The first-order valence-electron chi connectivity index (χ1n) is 6.75. The van der Waals surface area contributed by atoms with E-state index in [9.17, 15) is 4.79 Å². The predicted molar refractivity (Wildman–Crippen MR) is 77.6 cm³/mol. The smallest absolute Gasteiger partial charge is 0.251 e. The second-order valence-electron chi connectivity index (χ2n) is 5.19. The van der Waals surface area contributed by atoms with Gasteiger partial charge in [0.2, 0.25) is 0 Å². The molecule has 1 aliphatic carbocycles. The highest BCUT2D eigenvalue weighted by atomic mass is 16.1. The van der Waals surface area contributed by atoms with Crippen LogP contribution in [-0.2, 0) is 0 Å². The zero-order valence-corrected chi connectivity index (χ0v) is 10.8.